The van der Waals surface area contributed by atoms with Crippen molar-refractivity contribution in [3.8, 4) is 0 Å². The van der Waals surface area contributed by atoms with Crippen molar-refractivity contribution in [1.29, 1.82) is 0 Å². The maximum absolute atomic E-state index is 11.7. The van der Waals surface area contributed by atoms with Crippen LogP contribution in [0.5, 0.6) is 0 Å². The van der Waals surface area contributed by atoms with Gasteiger partial charge in [-0.2, -0.15) is 0 Å². The van der Waals surface area contributed by atoms with Crippen LogP contribution in [-0.2, 0) is 14.3 Å². The van der Waals surface area contributed by atoms with E-state index in [4.69, 9.17) is 4.74 Å². The Morgan fingerprint density at radius 1 is 1.32 bits per heavy atom. The normalized spacial score (nSPS) is 10.6. The van der Waals surface area contributed by atoms with Crippen molar-refractivity contribution in [2.75, 3.05) is 11.9 Å². The van der Waals surface area contributed by atoms with E-state index in [9.17, 15) is 9.59 Å². The first-order chi connectivity index (χ1) is 10.6. The van der Waals surface area contributed by atoms with Crippen LogP contribution in [0.2, 0.25) is 0 Å². The Kier molecular flexibility index (Phi) is 5.91. The highest BCUT2D eigenvalue weighted by Gasteiger charge is 2.07. The van der Waals surface area contributed by atoms with Gasteiger partial charge in [-0.15, -0.1) is 11.3 Å². The Balaban J connectivity index is 1.81. The van der Waals surface area contributed by atoms with E-state index in [1.54, 1.807) is 29.5 Å². The molecule has 0 fully saturated rings. The molecule has 0 spiro atoms. The number of benzene rings is 1. The third-order valence-corrected chi connectivity index (χ3v) is 4.44. The molecular formula is C16H14BrNO3S. The summed E-state index contributed by atoms with van der Waals surface area (Å²) in [6.45, 7) is 1.64. The summed E-state index contributed by atoms with van der Waals surface area (Å²) >= 11 is 4.87. The summed E-state index contributed by atoms with van der Waals surface area (Å²) < 4.78 is 5.67. The number of ether oxygens (including phenoxy) is 1. The van der Waals surface area contributed by atoms with E-state index in [1.807, 2.05) is 30.5 Å². The van der Waals surface area contributed by atoms with E-state index in [1.165, 1.54) is 6.08 Å². The molecule has 0 aliphatic carbocycles. The van der Waals surface area contributed by atoms with Crippen LogP contribution < -0.4 is 5.32 Å². The first-order valence-corrected chi connectivity index (χ1v) is 8.17. The van der Waals surface area contributed by atoms with E-state index >= 15 is 0 Å². The molecule has 0 saturated heterocycles. The molecule has 2 rings (SSSR count). The van der Waals surface area contributed by atoms with Crippen LogP contribution in [0.4, 0.5) is 5.69 Å². The van der Waals surface area contributed by atoms with Gasteiger partial charge in [-0.05, 0) is 58.1 Å². The number of hydrogen-bond donors (Lipinski definition) is 1. The van der Waals surface area contributed by atoms with Crippen LogP contribution in [-0.4, -0.2) is 18.5 Å². The number of rotatable bonds is 5. The fourth-order valence-electron chi connectivity index (χ4n) is 1.63. The number of aryl methyl sites for hydroxylation is 1. The Morgan fingerprint density at radius 3 is 2.77 bits per heavy atom. The number of anilines is 1. The highest BCUT2D eigenvalue weighted by Crippen LogP contribution is 2.21. The topological polar surface area (TPSA) is 55.4 Å². The summed E-state index contributed by atoms with van der Waals surface area (Å²) in [5.41, 5.74) is 1.73. The molecule has 1 amide bonds. The van der Waals surface area contributed by atoms with Crippen LogP contribution in [0.15, 0.2) is 46.3 Å². The maximum Gasteiger partial charge on any atom is 0.331 e. The Morgan fingerprint density at radius 2 is 2.09 bits per heavy atom. The van der Waals surface area contributed by atoms with Crippen molar-refractivity contribution in [2.45, 2.75) is 6.92 Å². The summed E-state index contributed by atoms with van der Waals surface area (Å²) in [4.78, 5) is 24.3. The molecule has 0 unspecified atom stereocenters. The van der Waals surface area contributed by atoms with Crippen LogP contribution in [0, 0.1) is 6.92 Å². The molecule has 22 heavy (non-hydrogen) atoms. The number of carbonyl (C=O) groups is 2. The van der Waals surface area contributed by atoms with Crippen LogP contribution in [0.3, 0.4) is 0 Å². The van der Waals surface area contributed by atoms with Gasteiger partial charge in [0.05, 0.1) is 5.69 Å². The van der Waals surface area contributed by atoms with Crippen LogP contribution in [0.1, 0.15) is 10.4 Å². The predicted octanol–water partition coefficient (Wildman–Crippen LogP) is 4.01. The molecule has 0 atom stereocenters. The van der Waals surface area contributed by atoms with Gasteiger partial charge in [0.2, 0.25) is 0 Å². The standard InChI is InChI=1S/C16H14BrNO3S/c1-11-8-9-22-14(11)6-7-16(20)21-10-15(19)18-13-5-3-2-4-12(13)17/h2-9H,10H2,1H3,(H,18,19)/b7-6+. The molecule has 0 bridgehead atoms. The van der Waals surface area contributed by atoms with Gasteiger partial charge in [-0.3, -0.25) is 4.79 Å². The molecule has 0 radical (unpaired) electrons. The van der Waals surface area contributed by atoms with Crippen molar-refractivity contribution < 1.29 is 14.3 Å². The maximum atomic E-state index is 11.7. The largest absolute Gasteiger partial charge is 0.452 e. The Bertz CT molecular complexity index is 709. The minimum atomic E-state index is -0.546. The molecule has 6 heteroatoms. The van der Waals surface area contributed by atoms with Crippen molar-refractivity contribution in [1.82, 2.24) is 0 Å². The summed E-state index contributed by atoms with van der Waals surface area (Å²) in [5.74, 6) is -0.934. The monoisotopic (exact) mass is 379 g/mol. The van der Waals surface area contributed by atoms with Crippen molar-refractivity contribution in [3.05, 3.63) is 56.7 Å². The minimum absolute atomic E-state index is 0.325. The molecular weight excluding hydrogens is 366 g/mol. The second-order valence-electron chi connectivity index (χ2n) is 4.44. The van der Waals surface area contributed by atoms with Gasteiger partial charge in [0.1, 0.15) is 0 Å². The molecule has 1 aromatic heterocycles. The molecule has 1 heterocycles. The molecule has 0 saturated carbocycles. The molecule has 2 aromatic rings. The highest BCUT2D eigenvalue weighted by molar-refractivity contribution is 9.10. The summed E-state index contributed by atoms with van der Waals surface area (Å²) in [5, 5.41) is 4.61. The second-order valence-corrected chi connectivity index (χ2v) is 6.24. The van der Waals surface area contributed by atoms with E-state index in [0.29, 0.717) is 5.69 Å². The average molecular weight is 380 g/mol. The highest BCUT2D eigenvalue weighted by atomic mass is 79.9. The molecule has 4 nitrogen and oxygen atoms in total. The van der Waals surface area contributed by atoms with E-state index < -0.39 is 5.97 Å². The summed E-state index contributed by atoms with van der Waals surface area (Å²) in [7, 11) is 0. The Hall–Kier alpha value is -1.92. The summed E-state index contributed by atoms with van der Waals surface area (Å²) in [6.07, 6.45) is 3.01. The molecule has 0 aliphatic heterocycles. The van der Waals surface area contributed by atoms with Crippen LogP contribution in [0.25, 0.3) is 6.08 Å². The van der Waals surface area contributed by atoms with Crippen molar-refractivity contribution >= 4 is 50.9 Å². The minimum Gasteiger partial charge on any atom is -0.452 e. The van der Waals surface area contributed by atoms with E-state index in [0.717, 1.165) is 14.9 Å². The quantitative estimate of drug-likeness (QED) is 0.630. The van der Waals surface area contributed by atoms with Gasteiger partial charge in [-0.1, -0.05) is 12.1 Å². The van der Waals surface area contributed by atoms with Crippen molar-refractivity contribution in [2.24, 2.45) is 0 Å². The van der Waals surface area contributed by atoms with Crippen LogP contribution >= 0.6 is 27.3 Å². The average Bonchev–Trinajstić information content (AvgIpc) is 2.91. The number of nitrogens with one attached hydrogen (secondary N) is 1. The number of hydrogen-bond acceptors (Lipinski definition) is 4. The number of thiophene rings is 1. The lowest BCUT2D eigenvalue weighted by Crippen LogP contribution is -2.20. The van der Waals surface area contributed by atoms with E-state index in [-0.39, 0.29) is 12.5 Å². The lowest BCUT2D eigenvalue weighted by atomic mass is 10.3. The lowest BCUT2D eigenvalue weighted by Gasteiger charge is -2.06. The van der Waals surface area contributed by atoms with Gasteiger partial charge >= 0.3 is 5.97 Å². The lowest BCUT2D eigenvalue weighted by molar-refractivity contribution is -0.142. The van der Waals surface area contributed by atoms with E-state index in [2.05, 4.69) is 21.2 Å². The number of esters is 1. The molecule has 114 valence electrons. The molecule has 1 N–H and O–H groups in total. The number of halogens is 1. The molecule has 1 aromatic carbocycles. The zero-order valence-corrected chi connectivity index (χ0v) is 14.2. The zero-order chi connectivity index (χ0) is 15.9. The second kappa shape index (κ2) is 7.91. The first-order valence-electron chi connectivity index (χ1n) is 6.49. The molecule has 0 aliphatic rings. The number of carbonyl (C=O) groups excluding carboxylic acids is 2. The van der Waals surface area contributed by atoms with Gasteiger partial charge < -0.3 is 10.1 Å². The Labute approximate surface area is 140 Å². The van der Waals surface area contributed by atoms with Gasteiger partial charge in [0.25, 0.3) is 5.91 Å². The van der Waals surface area contributed by atoms with Gasteiger partial charge in [-0.25, -0.2) is 4.79 Å². The number of amides is 1. The van der Waals surface area contributed by atoms with Crippen molar-refractivity contribution in [3.63, 3.8) is 0 Å². The van der Waals surface area contributed by atoms with Gasteiger partial charge in [0.15, 0.2) is 6.61 Å². The van der Waals surface area contributed by atoms with Gasteiger partial charge in [0, 0.05) is 15.4 Å². The smallest absolute Gasteiger partial charge is 0.331 e. The first kappa shape index (κ1) is 16.5. The number of para-hydroxylation sites is 1. The zero-order valence-electron chi connectivity index (χ0n) is 11.8. The SMILES string of the molecule is Cc1ccsc1/C=C/C(=O)OCC(=O)Nc1ccccc1Br. The third-order valence-electron chi connectivity index (χ3n) is 2.77. The summed E-state index contributed by atoms with van der Waals surface area (Å²) in [6, 6.07) is 9.19. The third kappa shape index (κ3) is 4.82. The fraction of sp³-hybridized carbons (Fsp3) is 0.125. The fourth-order valence-corrected chi connectivity index (χ4v) is 2.84. The predicted molar refractivity (Wildman–Crippen MR) is 91.8 cm³/mol.